The second-order valence-electron chi connectivity index (χ2n) is 6.37. The topological polar surface area (TPSA) is 82.3 Å². The lowest BCUT2D eigenvalue weighted by Crippen LogP contribution is -2.03. The van der Waals surface area contributed by atoms with Crippen molar-refractivity contribution in [1.82, 2.24) is 4.98 Å². The van der Waals surface area contributed by atoms with E-state index < -0.39 is 11.6 Å². The van der Waals surface area contributed by atoms with Gasteiger partial charge in [0, 0.05) is 11.1 Å². The molecule has 0 saturated heterocycles. The first-order valence-corrected chi connectivity index (χ1v) is 9.61. The molecule has 0 amide bonds. The quantitative estimate of drug-likeness (QED) is 0.385. The van der Waals surface area contributed by atoms with Crippen LogP contribution in [0.25, 0.3) is 33.0 Å². The van der Waals surface area contributed by atoms with Gasteiger partial charge in [0.05, 0.1) is 27.9 Å². The minimum absolute atomic E-state index is 0.0322. The Balaban J connectivity index is 1.74. The number of carbonyl (C=O) groups is 1. The van der Waals surface area contributed by atoms with Crippen molar-refractivity contribution < 1.29 is 18.0 Å². The van der Waals surface area contributed by atoms with Gasteiger partial charge >= 0.3 is 0 Å². The highest BCUT2D eigenvalue weighted by Gasteiger charge is 2.25. The molecule has 4 aromatic heterocycles. The van der Waals surface area contributed by atoms with E-state index in [0.29, 0.717) is 22.4 Å². The minimum atomic E-state index is -0.441. The fraction of sp³-hybridized carbons (Fsp3) is 0. The molecular formula is C22H13FN2O3S. The van der Waals surface area contributed by atoms with E-state index in [1.807, 2.05) is 23.6 Å². The lowest BCUT2D eigenvalue weighted by atomic mass is 10.0. The number of nitrogen functional groups attached to an aromatic ring is 1. The summed E-state index contributed by atoms with van der Waals surface area (Å²) >= 11 is 1.54. The van der Waals surface area contributed by atoms with Crippen LogP contribution < -0.4 is 5.73 Å². The second-order valence-corrected chi connectivity index (χ2v) is 7.32. The number of rotatable bonds is 4. The van der Waals surface area contributed by atoms with Gasteiger partial charge in [-0.25, -0.2) is 9.37 Å². The number of aromatic nitrogens is 1. The van der Waals surface area contributed by atoms with Crippen LogP contribution in [-0.4, -0.2) is 10.8 Å². The number of thiophene rings is 1. The predicted octanol–water partition coefficient (Wildman–Crippen LogP) is 5.77. The van der Waals surface area contributed by atoms with Crippen molar-refractivity contribution in [2.45, 2.75) is 0 Å². The monoisotopic (exact) mass is 404 g/mol. The molecule has 5 nitrogen and oxygen atoms in total. The number of carbonyl (C=O) groups excluding carboxylic acids is 1. The van der Waals surface area contributed by atoms with Gasteiger partial charge in [-0.1, -0.05) is 6.07 Å². The summed E-state index contributed by atoms with van der Waals surface area (Å²) in [5.41, 5.74) is 8.37. The maximum Gasteiger partial charge on any atom is 0.230 e. The van der Waals surface area contributed by atoms with Gasteiger partial charge in [-0.2, -0.15) is 0 Å². The molecule has 0 atom stereocenters. The Morgan fingerprint density at radius 3 is 2.62 bits per heavy atom. The van der Waals surface area contributed by atoms with Gasteiger partial charge < -0.3 is 14.6 Å². The SMILES string of the molecule is Nc1c(C(=O)c2ccc(F)cc2)oc2nc(-c3cccs3)cc(-c3ccco3)c12. The number of furan rings is 2. The average Bonchev–Trinajstić information content (AvgIpc) is 3.49. The van der Waals surface area contributed by atoms with E-state index in [0.717, 1.165) is 4.88 Å². The van der Waals surface area contributed by atoms with Crippen LogP contribution in [0.4, 0.5) is 10.1 Å². The molecule has 5 aromatic rings. The largest absolute Gasteiger partial charge is 0.464 e. The molecule has 29 heavy (non-hydrogen) atoms. The first-order valence-electron chi connectivity index (χ1n) is 8.73. The highest BCUT2D eigenvalue weighted by atomic mass is 32.1. The van der Waals surface area contributed by atoms with Crippen molar-refractivity contribution in [1.29, 1.82) is 0 Å². The molecule has 0 fully saturated rings. The Kier molecular flexibility index (Phi) is 4.03. The number of hydrogen-bond acceptors (Lipinski definition) is 6. The molecule has 5 rings (SSSR count). The third kappa shape index (κ3) is 2.92. The molecule has 4 heterocycles. The van der Waals surface area contributed by atoms with Crippen LogP contribution in [0.1, 0.15) is 16.1 Å². The van der Waals surface area contributed by atoms with Crippen LogP contribution in [0.3, 0.4) is 0 Å². The number of pyridine rings is 1. The van der Waals surface area contributed by atoms with Gasteiger partial charge in [0.15, 0.2) is 0 Å². The molecular weight excluding hydrogens is 391 g/mol. The van der Waals surface area contributed by atoms with Gasteiger partial charge in [0.1, 0.15) is 11.6 Å². The van der Waals surface area contributed by atoms with Crippen LogP contribution in [0.5, 0.6) is 0 Å². The predicted molar refractivity (Wildman–Crippen MR) is 109 cm³/mol. The summed E-state index contributed by atoms with van der Waals surface area (Å²) in [5, 5.41) is 2.46. The van der Waals surface area contributed by atoms with Crippen LogP contribution in [0, 0.1) is 5.82 Å². The third-order valence-electron chi connectivity index (χ3n) is 4.57. The summed E-state index contributed by atoms with van der Waals surface area (Å²) < 4.78 is 24.6. The Morgan fingerprint density at radius 2 is 1.93 bits per heavy atom. The first kappa shape index (κ1) is 17.4. The molecule has 142 valence electrons. The summed E-state index contributed by atoms with van der Waals surface area (Å²) in [6.45, 7) is 0. The Bertz CT molecular complexity index is 1320. The van der Waals surface area contributed by atoms with Gasteiger partial charge in [-0.15, -0.1) is 11.3 Å². The van der Waals surface area contributed by atoms with Crippen molar-refractivity contribution in [2.75, 3.05) is 5.73 Å². The molecule has 0 radical (unpaired) electrons. The molecule has 0 aliphatic heterocycles. The van der Waals surface area contributed by atoms with E-state index in [1.165, 1.54) is 35.6 Å². The zero-order valence-corrected chi connectivity index (χ0v) is 15.7. The lowest BCUT2D eigenvalue weighted by molar-refractivity contribution is 0.101. The van der Waals surface area contributed by atoms with Gasteiger partial charge in [-0.3, -0.25) is 4.79 Å². The molecule has 1 aromatic carbocycles. The number of halogens is 1. The van der Waals surface area contributed by atoms with Gasteiger partial charge in [-0.05, 0) is 53.9 Å². The normalized spacial score (nSPS) is 11.2. The maximum absolute atomic E-state index is 13.2. The third-order valence-corrected chi connectivity index (χ3v) is 5.46. The first-order chi connectivity index (χ1) is 14.1. The van der Waals surface area contributed by atoms with Gasteiger partial charge in [0.2, 0.25) is 17.3 Å². The standard InChI is InChI=1S/C22H13FN2O3S/c23-13-7-5-12(6-8-13)20(26)21-19(24)18-14(16-3-1-9-27-16)11-15(25-22(18)28-21)17-4-2-10-29-17/h1-11H,24H2. The van der Waals surface area contributed by atoms with E-state index >= 15 is 0 Å². The Labute approximate surface area is 168 Å². The number of fused-ring (bicyclic) bond motifs is 1. The van der Waals surface area contributed by atoms with Crippen molar-refractivity contribution in [2.24, 2.45) is 0 Å². The van der Waals surface area contributed by atoms with Crippen LogP contribution in [-0.2, 0) is 0 Å². The smallest absolute Gasteiger partial charge is 0.230 e. The molecule has 0 spiro atoms. The van der Waals surface area contributed by atoms with E-state index in [2.05, 4.69) is 4.98 Å². The number of ketones is 1. The highest BCUT2D eigenvalue weighted by Crippen LogP contribution is 2.39. The summed E-state index contributed by atoms with van der Waals surface area (Å²) in [6, 6.07) is 14.5. The number of anilines is 1. The molecule has 0 unspecified atom stereocenters. The van der Waals surface area contributed by atoms with E-state index in [1.54, 1.807) is 18.4 Å². The van der Waals surface area contributed by atoms with Crippen molar-refractivity contribution in [3.05, 3.63) is 83.4 Å². The van der Waals surface area contributed by atoms with Crippen LogP contribution >= 0.6 is 11.3 Å². The minimum Gasteiger partial charge on any atom is -0.464 e. The molecule has 0 bridgehead atoms. The van der Waals surface area contributed by atoms with Crippen molar-refractivity contribution in [3.63, 3.8) is 0 Å². The summed E-state index contributed by atoms with van der Waals surface area (Å²) in [6.07, 6.45) is 1.56. The van der Waals surface area contributed by atoms with Gasteiger partial charge in [0.25, 0.3) is 0 Å². The maximum atomic E-state index is 13.2. The summed E-state index contributed by atoms with van der Waals surface area (Å²) in [7, 11) is 0. The second kappa shape index (κ2) is 6.72. The van der Waals surface area contributed by atoms with E-state index in [-0.39, 0.29) is 22.7 Å². The molecule has 0 saturated carbocycles. The van der Waals surface area contributed by atoms with Crippen molar-refractivity contribution >= 4 is 33.9 Å². The molecule has 7 heteroatoms. The average molecular weight is 404 g/mol. The number of nitrogens with zero attached hydrogens (tertiary/aromatic N) is 1. The number of nitrogens with two attached hydrogens (primary N) is 1. The summed E-state index contributed by atoms with van der Waals surface area (Å²) in [4.78, 5) is 18.4. The highest BCUT2D eigenvalue weighted by molar-refractivity contribution is 7.13. The number of benzene rings is 1. The Morgan fingerprint density at radius 1 is 1.10 bits per heavy atom. The Hall–Kier alpha value is -3.71. The lowest BCUT2D eigenvalue weighted by Gasteiger charge is -2.03. The molecule has 2 N–H and O–H groups in total. The van der Waals surface area contributed by atoms with Crippen LogP contribution in [0.2, 0.25) is 0 Å². The van der Waals surface area contributed by atoms with E-state index in [4.69, 9.17) is 14.6 Å². The number of hydrogen-bond donors (Lipinski definition) is 1. The fourth-order valence-corrected chi connectivity index (χ4v) is 3.88. The zero-order chi connectivity index (χ0) is 20.0. The molecule has 0 aliphatic carbocycles. The van der Waals surface area contributed by atoms with E-state index in [9.17, 15) is 9.18 Å². The zero-order valence-electron chi connectivity index (χ0n) is 14.9. The van der Waals surface area contributed by atoms with Crippen LogP contribution in [0.15, 0.2) is 75.1 Å². The van der Waals surface area contributed by atoms with Crippen molar-refractivity contribution in [3.8, 4) is 21.9 Å². The molecule has 0 aliphatic rings. The summed E-state index contributed by atoms with van der Waals surface area (Å²) in [5.74, 6) is -0.316. The fourth-order valence-electron chi connectivity index (χ4n) is 3.20.